The number of carbonyl (C=O) groups is 1. The summed E-state index contributed by atoms with van der Waals surface area (Å²) in [7, 11) is 5.24. The number of cyclic esters (lactones) is 1. The summed E-state index contributed by atoms with van der Waals surface area (Å²) >= 11 is 0. The van der Waals surface area contributed by atoms with Crippen LogP contribution < -0.4 is 0 Å². The van der Waals surface area contributed by atoms with Gasteiger partial charge >= 0.3 is 5.97 Å². The summed E-state index contributed by atoms with van der Waals surface area (Å²) in [6, 6.07) is 16.6. The number of benzene rings is 2. The Balaban J connectivity index is 1.24. The van der Waals surface area contributed by atoms with E-state index in [2.05, 4.69) is 22.4 Å². The number of aliphatic hydroxyl groups excluding tert-OH is 3. The van der Waals surface area contributed by atoms with Crippen molar-refractivity contribution in [1.82, 2.24) is 24.8 Å². The molecule has 3 aliphatic heterocycles. The highest BCUT2D eigenvalue weighted by molar-refractivity contribution is 5.73. The molecule has 0 saturated carbocycles. The second kappa shape index (κ2) is 25.3. The van der Waals surface area contributed by atoms with E-state index < -0.39 is 115 Å². The molecule has 0 spiro atoms. The molecular formula is C56H88FN5O12. The molecule has 6 rings (SSSR count). The van der Waals surface area contributed by atoms with Crippen LogP contribution in [0.3, 0.4) is 0 Å². The van der Waals surface area contributed by atoms with Crippen molar-refractivity contribution in [2.24, 2.45) is 17.8 Å². The van der Waals surface area contributed by atoms with Crippen LogP contribution in [0.15, 0.2) is 60.8 Å². The molecule has 5 N–H and O–H groups in total. The summed E-state index contributed by atoms with van der Waals surface area (Å²) < 4.78 is 54.5. The molecular weight excluding hydrogens is 954 g/mol. The van der Waals surface area contributed by atoms with Gasteiger partial charge < -0.3 is 63.8 Å². The van der Waals surface area contributed by atoms with E-state index in [0.29, 0.717) is 38.0 Å². The minimum Gasteiger partial charge on any atom is -0.459 e. The van der Waals surface area contributed by atoms with Gasteiger partial charge in [0.05, 0.1) is 53.3 Å². The number of hydrogen-bond acceptors (Lipinski definition) is 16. The highest BCUT2D eigenvalue weighted by Crippen LogP contribution is 2.40. The average Bonchev–Trinajstić information content (AvgIpc) is 3.85. The lowest BCUT2D eigenvalue weighted by Gasteiger charge is -2.49. The quantitative estimate of drug-likeness (QED) is 0.119. The first-order valence-electron chi connectivity index (χ1n) is 26.7. The summed E-state index contributed by atoms with van der Waals surface area (Å²) in [6.45, 7) is 17.8. The number of ether oxygens (including phenoxy) is 6. The molecule has 3 aliphatic rings. The molecule has 0 radical (unpaired) electrons. The fourth-order valence-electron chi connectivity index (χ4n) is 11.7. The van der Waals surface area contributed by atoms with Gasteiger partial charge in [0.1, 0.15) is 36.7 Å². The van der Waals surface area contributed by atoms with E-state index in [9.17, 15) is 34.7 Å². The van der Waals surface area contributed by atoms with Gasteiger partial charge in [-0.1, -0.05) is 80.6 Å². The molecule has 3 saturated heterocycles. The van der Waals surface area contributed by atoms with Gasteiger partial charge in [0.25, 0.3) is 0 Å². The minimum atomic E-state index is -1.85. The largest absolute Gasteiger partial charge is 0.459 e. The van der Waals surface area contributed by atoms with Crippen molar-refractivity contribution >= 4 is 5.97 Å². The Morgan fingerprint density at radius 1 is 0.919 bits per heavy atom. The number of hydrogen-bond donors (Lipinski definition) is 5. The first-order valence-corrected chi connectivity index (χ1v) is 26.7. The van der Waals surface area contributed by atoms with Crippen molar-refractivity contribution in [2.45, 2.75) is 204 Å². The van der Waals surface area contributed by atoms with E-state index >= 15 is 0 Å². The third-order valence-electron chi connectivity index (χ3n) is 16.5. The Kier molecular flexibility index (Phi) is 20.4. The fourth-order valence-corrected chi connectivity index (χ4v) is 11.7. The molecule has 2 aromatic carbocycles. The van der Waals surface area contributed by atoms with Gasteiger partial charge in [0.15, 0.2) is 12.6 Å². The number of esters is 1. The predicted octanol–water partition coefficient (Wildman–Crippen LogP) is 5.53. The number of rotatable bonds is 15. The van der Waals surface area contributed by atoms with Crippen LogP contribution >= 0.6 is 0 Å². The molecule has 1 aromatic heterocycles. The molecule has 4 heterocycles. The lowest BCUT2D eigenvalue weighted by atomic mass is 9.77. The molecule has 416 valence electrons. The molecule has 0 aliphatic carbocycles. The lowest BCUT2D eigenvalue weighted by molar-refractivity contribution is -0.318. The smallest absolute Gasteiger partial charge is 0.311 e. The Hall–Kier alpha value is -3.50. The summed E-state index contributed by atoms with van der Waals surface area (Å²) in [5.41, 5.74) is -0.716. The highest BCUT2D eigenvalue weighted by Gasteiger charge is 2.53. The second-order valence-corrected chi connectivity index (χ2v) is 22.7. The zero-order valence-electron chi connectivity index (χ0n) is 46.1. The molecule has 3 fully saturated rings. The van der Waals surface area contributed by atoms with Crippen molar-refractivity contribution in [3.8, 4) is 11.1 Å². The molecule has 0 unspecified atom stereocenters. The van der Waals surface area contributed by atoms with E-state index in [1.54, 1.807) is 52.4 Å². The monoisotopic (exact) mass is 1040 g/mol. The second-order valence-electron chi connectivity index (χ2n) is 22.7. The van der Waals surface area contributed by atoms with Crippen LogP contribution in [0.1, 0.15) is 112 Å². The summed E-state index contributed by atoms with van der Waals surface area (Å²) in [5.74, 6) is -2.84. The van der Waals surface area contributed by atoms with Crippen LogP contribution in [0.2, 0.25) is 0 Å². The van der Waals surface area contributed by atoms with E-state index in [0.717, 1.165) is 16.7 Å². The van der Waals surface area contributed by atoms with E-state index in [1.807, 2.05) is 87.1 Å². The number of methoxy groups -OCH3 is 1. The number of aliphatic hydroxyl groups is 5. The average molecular weight is 1040 g/mol. The van der Waals surface area contributed by atoms with Crippen LogP contribution in [-0.4, -0.2) is 188 Å². The lowest BCUT2D eigenvalue weighted by Crippen LogP contribution is -2.61. The van der Waals surface area contributed by atoms with E-state index in [1.165, 1.54) is 14.0 Å². The number of nitrogens with zero attached hydrogens (tertiary/aromatic N) is 5. The summed E-state index contributed by atoms with van der Waals surface area (Å²) in [6.07, 6.45) is -6.61. The highest BCUT2D eigenvalue weighted by atomic mass is 19.1. The van der Waals surface area contributed by atoms with Gasteiger partial charge in [-0.15, -0.1) is 5.10 Å². The van der Waals surface area contributed by atoms with Gasteiger partial charge in [-0.25, -0.2) is 9.07 Å². The Labute approximate surface area is 438 Å². The molecule has 17 nitrogen and oxygen atoms in total. The Morgan fingerprint density at radius 2 is 1.58 bits per heavy atom. The number of likely N-dealkylation sites (N-methyl/N-ethyl adjacent to an activating group) is 2. The normalized spacial score (nSPS) is 38.8. The summed E-state index contributed by atoms with van der Waals surface area (Å²) in [4.78, 5) is 18.4. The summed E-state index contributed by atoms with van der Waals surface area (Å²) in [5, 5.41) is 68.5. The zero-order chi connectivity index (χ0) is 54.4. The third kappa shape index (κ3) is 14.0. The molecule has 0 amide bonds. The van der Waals surface area contributed by atoms with E-state index in [4.69, 9.17) is 28.4 Å². The third-order valence-corrected chi connectivity index (χ3v) is 16.5. The van der Waals surface area contributed by atoms with Gasteiger partial charge in [-0.3, -0.25) is 4.79 Å². The van der Waals surface area contributed by atoms with Gasteiger partial charge in [0, 0.05) is 57.2 Å². The van der Waals surface area contributed by atoms with Crippen molar-refractivity contribution in [3.05, 3.63) is 72.1 Å². The zero-order valence-corrected chi connectivity index (χ0v) is 46.1. The first kappa shape index (κ1) is 59.7. The van der Waals surface area contributed by atoms with Crippen molar-refractivity contribution in [2.75, 3.05) is 41.0 Å². The topological polar surface area (TPSA) is 211 Å². The molecule has 19 atom stereocenters. The van der Waals surface area contributed by atoms with Crippen LogP contribution in [0.25, 0.3) is 11.1 Å². The fraction of sp³-hybridized carbons (Fsp3) is 0.732. The van der Waals surface area contributed by atoms with Gasteiger partial charge in [0.2, 0.25) is 0 Å². The van der Waals surface area contributed by atoms with Crippen molar-refractivity contribution in [3.63, 3.8) is 0 Å². The number of carbonyl (C=O) groups excluding carboxylic acids is 1. The maximum Gasteiger partial charge on any atom is 0.311 e. The maximum atomic E-state index is 14.6. The predicted molar refractivity (Wildman–Crippen MR) is 277 cm³/mol. The van der Waals surface area contributed by atoms with Gasteiger partial charge in [-0.2, -0.15) is 0 Å². The van der Waals surface area contributed by atoms with Crippen molar-refractivity contribution in [1.29, 1.82) is 0 Å². The number of halogens is 1. The van der Waals surface area contributed by atoms with Crippen molar-refractivity contribution < 1.29 is 63.1 Å². The first-order chi connectivity index (χ1) is 34.8. The van der Waals surface area contributed by atoms with Crippen LogP contribution in [0.4, 0.5) is 4.39 Å². The maximum absolute atomic E-state index is 14.6. The molecule has 74 heavy (non-hydrogen) atoms. The Morgan fingerprint density at radius 3 is 2.22 bits per heavy atom. The standard InChI is InChI=1S/C56H88FN5O12/c1-14-45-56(10,68)49(64)37(6)61(12)31-33(2)28-54(8,67)51(35(4)48(36(5)52(66)72-45)73-46-29-55(9,69-13)50(65)38(7)71-46)74-53-47(63)44(26-34(3)70-53)60(11)25-24-42-32-62(59-58-42)43(30-57)27-39-20-22-41(23-21-39)40-18-16-15-17-19-40/h15-23,32-38,43-51,53,63-65,67-68H,14,24-31H2,1-13H3/t33-,34-,35+,36-,37-,38+,43+,44+,45-,46+,47-,48+,49-,50+,51-,53+,54-,55-,56-/m1/s1. The minimum absolute atomic E-state index is 0.0916. The van der Waals surface area contributed by atoms with Crippen LogP contribution in [0, 0.1) is 17.8 Å². The molecule has 3 aromatic rings. The van der Waals surface area contributed by atoms with Crippen LogP contribution in [0.5, 0.6) is 0 Å². The van der Waals surface area contributed by atoms with Crippen LogP contribution in [-0.2, 0) is 46.1 Å². The molecule has 18 heteroatoms. The SMILES string of the molecule is CC[C@H]1OC(=O)[C@H](C)[C@@H](O[C@H]2C[C@@](C)(OC)[C@@H](O)[C@H](C)O2)[C@H](C)[C@@H](O[C@@H]2O[C@H](C)C[C@H](N(C)CCc3cn([C@H](CF)Cc4ccc(-c5ccccc5)cc4)nn3)[C@H]2O)[C@](C)(O)C[C@@H](C)CN(C)[C@H](C)[C@@H](O)[C@]1(C)O. The Bertz CT molecular complexity index is 2210. The number of alkyl halides is 1. The number of aromatic nitrogens is 3. The van der Waals surface area contributed by atoms with E-state index in [-0.39, 0.29) is 31.3 Å². The molecule has 0 bridgehead atoms. The van der Waals surface area contributed by atoms with Gasteiger partial charge in [-0.05, 0) is 111 Å².